The second-order valence-electron chi connectivity index (χ2n) is 8.19. The molecule has 4 heterocycles. The van der Waals surface area contributed by atoms with Crippen molar-refractivity contribution in [1.82, 2.24) is 19.9 Å². The molecule has 32 heavy (non-hydrogen) atoms. The molecule has 3 aromatic heterocycles. The summed E-state index contributed by atoms with van der Waals surface area (Å²) < 4.78 is 2.28. The molecular weight excluding hydrogens is 414 g/mol. The lowest BCUT2D eigenvalue weighted by atomic mass is 10.00. The van der Waals surface area contributed by atoms with Crippen molar-refractivity contribution in [3.8, 4) is 0 Å². The molecule has 0 spiro atoms. The van der Waals surface area contributed by atoms with E-state index < -0.39 is 0 Å². The van der Waals surface area contributed by atoms with Gasteiger partial charge in [0.05, 0.1) is 11.7 Å². The standard InChI is InChI=1S/C26H25N5S/c1-18-10-11-21(15-19(18)2)31-25(24(29-26(31)32)22-8-3-4-13-28-22)23-9-6-14-30(23)17-20-7-5-12-27-16-20/h3-16,24-25H,17H2,1-2H3,(H,29,32)/t24-,25-/m0/s1. The molecule has 1 saturated heterocycles. The van der Waals surface area contributed by atoms with Crippen LogP contribution in [0.2, 0.25) is 0 Å². The molecule has 0 saturated carbocycles. The Balaban J connectivity index is 1.61. The van der Waals surface area contributed by atoms with Crippen LogP contribution in [0, 0.1) is 13.8 Å². The number of rotatable bonds is 5. The highest BCUT2D eigenvalue weighted by Crippen LogP contribution is 2.42. The smallest absolute Gasteiger partial charge is 0.174 e. The highest BCUT2D eigenvalue weighted by atomic mass is 32.1. The van der Waals surface area contributed by atoms with Gasteiger partial charge in [-0.05, 0) is 85.2 Å². The summed E-state index contributed by atoms with van der Waals surface area (Å²) in [5, 5.41) is 4.26. The Hall–Kier alpha value is -3.51. The van der Waals surface area contributed by atoms with Gasteiger partial charge in [-0.3, -0.25) is 9.97 Å². The summed E-state index contributed by atoms with van der Waals surface area (Å²) in [6.45, 7) is 5.02. The zero-order valence-corrected chi connectivity index (χ0v) is 19.0. The van der Waals surface area contributed by atoms with Crippen molar-refractivity contribution in [2.45, 2.75) is 32.5 Å². The Morgan fingerprint density at radius 1 is 0.969 bits per heavy atom. The van der Waals surface area contributed by atoms with Crippen molar-refractivity contribution >= 4 is 23.0 Å². The number of thiocarbonyl (C=S) groups is 1. The van der Waals surface area contributed by atoms with Crippen LogP contribution in [0.4, 0.5) is 5.69 Å². The third-order valence-electron chi connectivity index (χ3n) is 6.11. The summed E-state index contributed by atoms with van der Waals surface area (Å²) in [6, 6.07) is 20.8. The molecule has 6 heteroatoms. The third-order valence-corrected chi connectivity index (χ3v) is 6.42. The highest BCUT2D eigenvalue weighted by Gasteiger charge is 2.42. The number of benzene rings is 1. The van der Waals surface area contributed by atoms with E-state index in [1.54, 1.807) is 6.20 Å². The van der Waals surface area contributed by atoms with E-state index in [2.05, 4.69) is 87.3 Å². The minimum atomic E-state index is -0.0622. The summed E-state index contributed by atoms with van der Waals surface area (Å²) >= 11 is 5.87. The molecule has 2 atom stereocenters. The van der Waals surface area contributed by atoms with Gasteiger partial charge in [-0.25, -0.2) is 0 Å². The quantitative estimate of drug-likeness (QED) is 0.437. The van der Waals surface area contributed by atoms with Gasteiger partial charge in [0.25, 0.3) is 0 Å². The number of pyridine rings is 2. The SMILES string of the molecule is Cc1ccc(N2C(=S)N[C@@H](c3ccccn3)[C@@H]2c2cccn2Cc2cccnc2)cc1C. The molecule has 5 nitrogen and oxygen atoms in total. The van der Waals surface area contributed by atoms with Crippen LogP contribution >= 0.6 is 12.2 Å². The van der Waals surface area contributed by atoms with Crippen LogP contribution in [-0.4, -0.2) is 19.6 Å². The lowest BCUT2D eigenvalue weighted by Gasteiger charge is -2.29. The molecule has 0 unspecified atom stereocenters. The second kappa shape index (κ2) is 8.55. The van der Waals surface area contributed by atoms with Gasteiger partial charge in [0, 0.05) is 42.7 Å². The Kier molecular flexibility index (Phi) is 5.45. The van der Waals surface area contributed by atoms with Gasteiger partial charge in [-0.15, -0.1) is 0 Å². The number of anilines is 1. The molecule has 1 aromatic carbocycles. The summed E-state index contributed by atoms with van der Waals surface area (Å²) in [6.07, 6.45) is 7.68. The number of hydrogen-bond donors (Lipinski definition) is 1. The van der Waals surface area contributed by atoms with Crippen molar-refractivity contribution in [2.24, 2.45) is 0 Å². The van der Waals surface area contributed by atoms with Crippen molar-refractivity contribution < 1.29 is 0 Å². The first kappa shape index (κ1) is 20.4. The molecule has 0 aliphatic carbocycles. The van der Waals surface area contributed by atoms with Crippen LogP contribution in [-0.2, 0) is 6.54 Å². The van der Waals surface area contributed by atoms with Crippen LogP contribution in [0.5, 0.6) is 0 Å². The predicted molar refractivity (Wildman–Crippen MR) is 132 cm³/mol. The van der Waals surface area contributed by atoms with Crippen LogP contribution in [0.1, 0.15) is 40.2 Å². The van der Waals surface area contributed by atoms with Crippen molar-refractivity contribution in [2.75, 3.05) is 4.90 Å². The van der Waals surface area contributed by atoms with E-state index in [-0.39, 0.29) is 12.1 Å². The van der Waals surface area contributed by atoms with E-state index in [1.807, 2.05) is 30.6 Å². The molecule has 1 fully saturated rings. The summed E-state index contributed by atoms with van der Waals surface area (Å²) in [5.41, 5.74) is 6.91. The Morgan fingerprint density at radius 3 is 2.62 bits per heavy atom. The number of nitrogens with one attached hydrogen (secondary N) is 1. The molecule has 1 N–H and O–H groups in total. The lowest BCUT2D eigenvalue weighted by Crippen LogP contribution is -2.30. The van der Waals surface area contributed by atoms with Crippen LogP contribution in [0.15, 0.2) is 85.5 Å². The first-order valence-electron chi connectivity index (χ1n) is 10.7. The van der Waals surface area contributed by atoms with Gasteiger partial charge in [0.1, 0.15) is 6.04 Å². The van der Waals surface area contributed by atoms with Gasteiger partial charge >= 0.3 is 0 Å². The molecule has 1 aliphatic heterocycles. The molecular formula is C26H25N5S. The number of aryl methyl sites for hydroxylation is 2. The minimum absolute atomic E-state index is 0.0359. The second-order valence-corrected chi connectivity index (χ2v) is 8.57. The fraction of sp³-hybridized carbons (Fsp3) is 0.192. The molecule has 5 rings (SSSR count). The molecule has 0 bridgehead atoms. The van der Waals surface area contributed by atoms with Crippen LogP contribution < -0.4 is 10.2 Å². The maximum atomic E-state index is 5.87. The van der Waals surface area contributed by atoms with Gasteiger partial charge in [-0.1, -0.05) is 18.2 Å². The van der Waals surface area contributed by atoms with Crippen molar-refractivity contribution in [3.63, 3.8) is 0 Å². The normalized spacial score (nSPS) is 18.1. The van der Waals surface area contributed by atoms with Gasteiger partial charge in [-0.2, -0.15) is 0 Å². The molecule has 0 radical (unpaired) electrons. The van der Waals surface area contributed by atoms with E-state index in [0.717, 1.165) is 23.5 Å². The molecule has 1 aliphatic rings. The lowest BCUT2D eigenvalue weighted by molar-refractivity contribution is 0.533. The Morgan fingerprint density at radius 2 is 1.88 bits per heavy atom. The zero-order chi connectivity index (χ0) is 22.1. The molecule has 160 valence electrons. The van der Waals surface area contributed by atoms with E-state index in [4.69, 9.17) is 12.2 Å². The number of nitrogens with zero attached hydrogens (tertiary/aromatic N) is 4. The average molecular weight is 440 g/mol. The largest absolute Gasteiger partial charge is 0.351 e. The maximum absolute atomic E-state index is 5.87. The summed E-state index contributed by atoms with van der Waals surface area (Å²) in [4.78, 5) is 11.2. The number of aromatic nitrogens is 3. The predicted octanol–water partition coefficient (Wildman–Crippen LogP) is 5.12. The Bertz CT molecular complexity index is 1240. The van der Waals surface area contributed by atoms with E-state index in [0.29, 0.717) is 5.11 Å². The van der Waals surface area contributed by atoms with Gasteiger partial charge in [0.2, 0.25) is 0 Å². The highest BCUT2D eigenvalue weighted by molar-refractivity contribution is 7.80. The Labute approximate surface area is 193 Å². The van der Waals surface area contributed by atoms with Gasteiger partial charge in [0.15, 0.2) is 5.11 Å². The van der Waals surface area contributed by atoms with Crippen LogP contribution in [0.25, 0.3) is 0 Å². The van der Waals surface area contributed by atoms with Crippen molar-refractivity contribution in [1.29, 1.82) is 0 Å². The minimum Gasteiger partial charge on any atom is -0.351 e. The third kappa shape index (κ3) is 3.78. The van der Waals surface area contributed by atoms with Crippen molar-refractivity contribution in [3.05, 3.63) is 114 Å². The fourth-order valence-electron chi connectivity index (χ4n) is 4.34. The maximum Gasteiger partial charge on any atom is 0.174 e. The average Bonchev–Trinajstić information content (AvgIpc) is 3.40. The first-order valence-corrected chi connectivity index (χ1v) is 11.1. The molecule has 0 amide bonds. The summed E-state index contributed by atoms with van der Waals surface area (Å²) in [5.74, 6) is 0. The first-order chi connectivity index (χ1) is 15.6. The van der Waals surface area contributed by atoms with E-state index in [9.17, 15) is 0 Å². The fourth-order valence-corrected chi connectivity index (χ4v) is 4.68. The molecule has 4 aromatic rings. The van der Waals surface area contributed by atoms with E-state index >= 15 is 0 Å². The monoisotopic (exact) mass is 439 g/mol. The van der Waals surface area contributed by atoms with Crippen LogP contribution in [0.3, 0.4) is 0 Å². The van der Waals surface area contributed by atoms with Gasteiger partial charge < -0.3 is 14.8 Å². The zero-order valence-electron chi connectivity index (χ0n) is 18.1. The van der Waals surface area contributed by atoms with E-state index in [1.165, 1.54) is 16.8 Å². The topological polar surface area (TPSA) is 46.0 Å². The summed E-state index contributed by atoms with van der Waals surface area (Å²) in [7, 11) is 0. The number of hydrogen-bond acceptors (Lipinski definition) is 3.